The molecule has 1 heterocycles. The van der Waals surface area contributed by atoms with Gasteiger partial charge in [0.25, 0.3) is 0 Å². The Morgan fingerprint density at radius 2 is 1.68 bits per heavy atom. The van der Waals surface area contributed by atoms with Crippen LogP contribution in [0.25, 0.3) is 0 Å². The summed E-state index contributed by atoms with van der Waals surface area (Å²) in [7, 11) is 0. The predicted octanol–water partition coefficient (Wildman–Crippen LogP) is 5.30. The lowest BCUT2D eigenvalue weighted by Gasteiger charge is -2.25. The first-order chi connectivity index (χ1) is 12.1. The third-order valence-corrected chi connectivity index (χ3v) is 4.26. The average Bonchev–Trinajstić information content (AvgIpc) is 3.07. The Kier molecular flexibility index (Phi) is 5.51. The third-order valence-electron chi connectivity index (χ3n) is 3.90. The molecule has 2 aromatic carbocycles. The van der Waals surface area contributed by atoms with E-state index in [4.69, 9.17) is 16.6 Å². The normalized spacial score (nSPS) is 10.5. The van der Waals surface area contributed by atoms with Crippen LogP contribution in [0.5, 0.6) is 0 Å². The Hall–Kier alpha value is -2.59. The monoisotopic (exact) mass is 350 g/mol. The number of rotatable bonds is 5. The third kappa shape index (κ3) is 4.94. The van der Waals surface area contributed by atoms with Crippen LogP contribution in [0.1, 0.15) is 22.5 Å². The van der Waals surface area contributed by atoms with Crippen LogP contribution in [0.3, 0.4) is 0 Å². The molecule has 0 saturated heterocycles. The number of hydrogen-bond donors (Lipinski definition) is 1. The van der Waals surface area contributed by atoms with Gasteiger partial charge in [0, 0.05) is 12.2 Å². The topological polar surface area (TPSA) is 28.4 Å². The van der Waals surface area contributed by atoms with E-state index in [0.29, 0.717) is 11.7 Å². The highest BCUT2D eigenvalue weighted by Crippen LogP contribution is 2.17. The van der Waals surface area contributed by atoms with Crippen molar-refractivity contribution in [3.63, 3.8) is 0 Å². The summed E-state index contributed by atoms with van der Waals surface area (Å²) < 4.78 is 5.51. The SMILES string of the molecule is Cc1cc(C)cc(NC(=S)N(Cc2ccccc2)Cc2ccco2)c1. The van der Waals surface area contributed by atoms with Crippen LogP contribution in [0.2, 0.25) is 0 Å². The van der Waals surface area contributed by atoms with Crippen LogP contribution in [-0.4, -0.2) is 10.0 Å². The highest BCUT2D eigenvalue weighted by molar-refractivity contribution is 7.80. The molecule has 0 aliphatic rings. The Bertz CT molecular complexity index is 808. The maximum Gasteiger partial charge on any atom is 0.174 e. The van der Waals surface area contributed by atoms with Crippen LogP contribution in [0.4, 0.5) is 5.69 Å². The number of nitrogens with zero attached hydrogens (tertiary/aromatic N) is 1. The molecule has 0 saturated carbocycles. The van der Waals surface area contributed by atoms with Gasteiger partial charge in [0.1, 0.15) is 5.76 Å². The summed E-state index contributed by atoms with van der Waals surface area (Å²) in [6.07, 6.45) is 1.69. The second-order valence-electron chi connectivity index (χ2n) is 6.23. The van der Waals surface area contributed by atoms with E-state index in [1.807, 2.05) is 30.3 Å². The van der Waals surface area contributed by atoms with E-state index in [9.17, 15) is 0 Å². The van der Waals surface area contributed by atoms with Gasteiger partial charge >= 0.3 is 0 Å². The van der Waals surface area contributed by atoms with Crippen LogP contribution in [0, 0.1) is 13.8 Å². The number of aryl methyl sites for hydroxylation is 2. The van der Waals surface area contributed by atoms with Gasteiger partial charge in [-0.25, -0.2) is 0 Å². The molecule has 4 heteroatoms. The molecule has 1 aromatic heterocycles. The smallest absolute Gasteiger partial charge is 0.174 e. The highest BCUT2D eigenvalue weighted by Gasteiger charge is 2.13. The molecule has 25 heavy (non-hydrogen) atoms. The largest absolute Gasteiger partial charge is 0.467 e. The van der Waals surface area contributed by atoms with E-state index in [0.717, 1.165) is 18.0 Å². The maximum atomic E-state index is 5.69. The molecular weight excluding hydrogens is 328 g/mol. The van der Waals surface area contributed by atoms with Gasteiger partial charge < -0.3 is 14.6 Å². The molecule has 0 unspecified atom stereocenters. The van der Waals surface area contributed by atoms with Crippen molar-refractivity contribution in [3.8, 4) is 0 Å². The Labute approximate surface area is 154 Å². The van der Waals surface area contributed by atoms with Crippen molar-refractivity contribution in [1.82, 2.24) is 4.90 Å². The summed E-state index contributed by atoms with van der Waals surface area (Å²) in [5.74, 6) is 0.889. The zero-order valence-electron chi connectivity index (χ0n) is 14.5. The second-order valence-corrected chi connectivity index (χ2v) is 6.61. The van der Waals surface area contributed by atoms with Crippen LogP contribution < -0.4 is 5.32 Å². The molecule has 1 N–H and O–H groups in total. The Balaban J connectivity index is 1.78. The fourth-order valence-electron chi connectivity index (χ4n) is 2.84. The van der Waals surface area contributed by atoms with E-state index in [2.05, 4.69) is 54.4 Å². The molecule has 0 bridgehead atoms. The minimum Gasteiger partial charge on any atom is -0.467 e. The molecule has 0 aliphatic carbocycles. The first kappa shape index (κ1) is 17.2. The van der Waals surface area contributed by atoms with Crippen molar-refractivity contribution in [2.24, 2.45) is 0 Å². The zero-order chi connectivity index (χ0) is 17.6. The van der Waals surface area contributed by atoms with E-state index in [1.54, 1.807) is 6.26 Å². The summed E-state index contributed by atoms with van der Waals surface area (Å²) in [4.78, 5) is 2.11. The quantitative estimate of drug-likeness (QED) is 0.633. The van der Waals surface area contributed by atoms with Crippen molar-refractivity contribution < 1.29 is 4.42 Å². The number of thiocarbonyl (C=S) groups is 1. The summed E-state index contributed by atoms with van der Waals surface area (Å²) >= 11 is 5.69. The maximum absolute atomic E-state index is 5.69. The molecule has 0 amide bonds. The van der Waals surface area contributed by atoms with Crippen LogP contribution in [-0.2, 0) is 13.1 Å². The van der Waals surface area contributed by atoms with E-state index >= 15 is 0 Å². The molecule has 0 atom stereocenters. The van der Waals surface area contributed by atoms with Crippen molar-refractivity contribution >= 4 is 23.0 Å². The fraction of sp³-hybridized carbons (Fsp3) is 0.190. The molecule has 0 aliphatic heterocycles. The summed E-state index contributed by atoms with van der Waals surface area (Å²) in [5.41, 5.74) is 4.65. The highest BCUT2D eigenvalue weighted by atomic mass is 32.1. The van der Waals surface area contributed by atoms with Gasteiger partial charge in [-0.15, -0.1) is 0 Å². The van der Waals surface area contributed by atoms with E-state index < -0.39 is 0 Å². The number of furan rings is 1. The van der Waals surface area contributed by atoms with Gasteiger partial charge in [-0.3, -0.25) is 0 Å². The number of hydrogen-bond acceptors (Lipinski definition) is 2. The van der Waals surface area contributed by atoms with Gasteiger partial charge in [0.15, 0.2) is 5.11 Å². The van der Waals surface area contributed by atoms with Crippen LogP contribution >= 0.6 is 12.2 Å². The zero-order valence-corrected chi connectivity index (χ0v) is 15.3. The molecule has 0 spiro atoms. The summed E-state index contributed by atoms with van der Waals surface area (Å²) in [6.45, 7) is 5.52. The molecule has 0 fully saturated rings. The first-order valence-electron chi connectivity index (χ1n) is 8.31. The van der Waals surface area contributed by atoms with Gasteiger partial charge in [-0.1, -0.05) is 36.4 Å². The summed E-state index contributed by atoms with van der Waals surface area (Å²) in [6, 6.07) is 20.5. The lowest BCUT2D eigenvalue weighted by atomic mass is 10.1. The standard InChI is InChI=1S/C21H22N2OS/c1-16-11-17(2)13-19(12-16)22-21(25)23(15-20-9-6-10-24-20)14-18-7-4-3-5-8-18/h3-13H,14-15H2,1-2H3,(H,22,25). The second kappa shape index (κ2) is 7.99. The number of anilines is 1. The lowest BCUT2D eigenvalue weighted by Crippen LogP contribution is -2.33. The van der Waals surface area contributed by atoms with E-state index in [1.165, 1.54) is 16.7 Å². The fourth-order valence-corrected chi connectivity index (χ4v) is 3.09. The molecule has 0 radical (unpaired) electrons. The van der Waals surface area contributed by atoms with Crippen molar-refractivity contribution in [3.05, 3.63) is 89.4 Å². The van der Waals surface area contributed by atoms with Crippen LogP contribution in [0.15, 0.2) is 71.3 Å². The summed E-state index contributed by atoms with van der Waals surface area (Å²) in [5, 5.41) is 4.06. The predicted molar refractivity (Wildman–Crippen MR) is 107 cm³/mol. The van der Waals surface area contributed by atoms with Gasteiger partial charge in [0.05, 0.1) is 12.8 Å². The molecule has 128 valence electrons. The number of benzene rings is 2. The van der Waals surface area contributed by atoms with E-state index in [-0.39, 0.29) is 0 Å². The molecule has 3 rings (SSSR count). The van der Waals surface area contributed by atoms with Crippen molar-refractivity contribution in [2.45, 2.75) is 26.9 Å². The van der Waals surface area contributed by atoms with Gasteiger partial charge in [0.2, 0.25) is 0 Å². The lowest BCUT2D eigenvalue weighted by molar-refractivity contribution is 0.360. The number of nitrogens with one attached hydrogen (secondary N) is 1. The van der Waals surface area contributed by atoms with Gasteiger partial charge in [-0.2, -0.15) is 0 Å². The molecular formula is C21H22N2OS. The molecule has 3 nitrogen and oxygen atoms in total. The minimum atomic E-state index is 0.624. The minimum absolute atomic E-state index is 0.624. The molecule has 3 aromatic rings. The average molecular weight is 350 g/mol. The van der Waals surface area contributed by atoms with Crippen molar-refractivity contribution in [2.75, 3.05) is 5.32 Å². The van der Waals surface area contributed by atoms with Gasteiger partial charge in [-0.05, 0) is 67.0 Å². The Morgan fingerprint density at radius 1 is 0.960 bits per heavy atom. The van der Waals surface area contributed by atoms with Crippen molar-refractivity contribution in [1.29, 1.82) is 0 Å². The first-order valence-corrected chi connectivity index (χ1v) is 8.71. The Morgan fingerprint density at radius 3 is 2.32 bits per heavy atom.